The number of rotatable bonds is 3. The first-order valence-electron chi connectivity index (χ1n) is 7.29. The fraction of sp³-hybridized carbons (Fsp3) is 0.438. The second-order valence-electron chi connectivity index (χ2n) is 5.67. The molecule has 0 saturated carbocycles. The van der Waals surface area contributed by atoms with Gasteiger partial charge in [0.1, 0.15) is 11.8 Å². The average Bonchev–Trinajstić information content (AvgIpc) is 3.07. The van der Waals surface area contributed by atoms with E-state index in [4.69, 9.17) is 9.47 Å². The molecule has 122 valence electrons. The molecular formula is C16H18N2O5. The molecule has 2 fully saturated rings. The molecule has 2 heterocycles. The van der Waals surface area contributed by atoms with Crippen LogP contribution in [-0.4, -0.2) is 50.0 Å². The van der Waals surface area contributed by atoms with Gasteiger partial charge in [-0.15, -0.1) is 0 Å². The number of benzene rings is 1. The fourth-order valence-electron chi connectivity index (χ4n) is 3.51. The molecule has 2 aliphatic rings. The molecule has 2 saturated heterocycles. The van der Waals surface area contributed by atoms with Crippen molar-refractivity contribution in [3.05, 3.63) is 29.8 Å². The smallest absolute Gasteiger partial charge is 0.323 e. The molecule has 0 aliphatic carbocycles. The number of esters is 1. The number of nitrogens with zero attached hydrogens (tertiary/aromatic N) is 1. The predicted molar refractivity (Wildman–Crippen MR) is 79.4 cm³/mol. The number of nitrogens with one attached hydrogen (secondary N) is 1. The van der Waals surface area contributed by atoms with Gasteiger partial charge in [-0.25, -0.2) is 0 Å². The highest BCUT2D eigenvalue weighted by molar-refractivity contribution is 6.08. The van der Waals surface area contributed by atoms with E-state index >= 15 is 0 Å². The molecule has 1 aromatic rings. The number of imide groups is 1. The lowest BCUT2D eigenvalue weighted by molar-refractivity contribution is -0.147. The second kappa shape index (κ2) is 5.66. The Bertz CT molecular complexity index is 674. The van der Waals surface area contributed by atoms with E-state index in [1.54, 1.807) is 6.07 Å². The van der Waals surface area contributed by atoms with E-state index in [9.17, 15) is 14.4 Å². The van der Waals surface area contributed by atoms with Gasteiger partial charge in [-0.3, -0.25) is 24.6 Å². The molecule has 3 rings (SSSR count). The number of ether oxygens (including phenoxy) is 2. The summed E-state index contributed by atoms with van der Waals surface area (Å²) in [5.41, 5.74) is 0.743. The van der Waals surface area contributed by atoms with E-state index in [1.807, 2.05) is 18.2 Å². The van der Waals surface area contributed by atoms with E-state index in [0.29, 0.717) is 5.75 Å². The maximum absolute atomic E-state index is 12.5. The Morgan fingerprint density at radius 2 is 1.78 bits per heavy atom. The molecule has 2 aliphatic heterocycles. The highest BCUT2D eigenvalue weighted by atomic mass is 16.5. The molecule has 23 heavy (non-hydrogen) atoms. The molecule has 0 spiro atoms. The normalized spacial score (nSPS) is 29.6. The van der Waals surface area contributed by atoms with Crippen molar-refractivity contribution < 1.29 is 23.9 Å². The van der Waals surface area contributed by atoms with Crippen molar-refractivity contribution >= 4 is 17.8 Å². The highest BCUT2D eigenvalue weighted by Crippen LogP contribution is 2.45. The van der Waals surface area contributed by atoms with Gasteiger partial charge in [0.15, 0.2) is 0 Å². The number of carbonyl (C=O) groups excluding carboxylic acids is 3. The Balaban J connectivity index is 2.06. The molecule has 1 N–H and O–H groups in total. The van der Waals surface area contributed by atoms with Crippen LogP contribution in [0.4, 0.5) is 0 Å². The van der Waals surface area contributed by atoms with E-state index < -0.39 is 29.9 Å². The summed E-state index contributed by atoms with van der Waals surface area (Å²) >= 11 is 0. The number of hydrogen-bond acceptors (Lipinski definition) is 6. The predicted octanol–water partition coefficient (Wildman–Crippen LogP) is 0.112. The highest BCUT2D eigenvalue weighted by Gasteiger charge is 2.60. The van der Waals surface area contributed by atoms with Gasteiger partial charge in [0, 0.05) is 18.7 Å². The van der Waals surface area contributed by atoms with Crippen LogP contribution in [0, 0.1) is 11.8 Å². The Labute approximate surface area is 133 Å². The number of methoxy groups -OCH3 is 2. The summed E-state index contributed by atoms with van der Waals surface area (Å²) in [6.45, 7) is 0. The summed E-state index contributed by atoms with van der Waals surface area (Å²) < 4.78 is 10.1. The van der Waals surface area contributed by atoms with Crippen molar-refractivity contribution in [1.82, 2.24) is 10.2 Å². The maximum atomic E-state index is 12.5. The van der Waals surface area contributed by atoms with E-state index in [1.165, 1.54) is 21.3 Å². The Kier molecular flexibility index (Phi) is 3.81. The minimum Gasteiger partial charge on any atom is -0.496 e. The summed E-state index contributed by atoms with van der Waals surface area (Å²) in [4.78, 5) is 38.0. The lowest BCUT2D eigenvalue weighted by atomic mass is 9.86. The van der Waals surface area contributed by atoms with E-state index in [2.05, 4.69) is 5.32 Å². The van der Waals surface area contributed by atoms with Crippen LogP contribution in [0.2, 0.25) is 0 Å². The first kappa shape index (κ1) is 15.5. The largest absolute Gasteiger partial charge is 0.496 e. The number of hydrogen-bond donors (Lipinski definition) is 1. The Hall–Kier alpha value is -2.41. The zero-order valence-corrected chi connectivity index (χ0v) is 13.1. The quantitative estimate of drug-likeness (QED) is 0.629. The summed E-state index contributed by atoms with van der Waals surface area (Å²) in [5, 5.41) is 3.09. The van der Waals surface area contributed by atoms with Crippen molar-refractivity contribution in [3.63, 3.8) is 0 Å². The first-order chi connectivity index (χ1) is 11.0. The number of amides is 2. The second-order valence-corrected chi connectivity index (χ2v) is 5.67. The molecule has 0 radical (unpaired) electrons. The standard InChI is InChI=1S/C16H18N2O5/c1-18-14(19)10-11(15(18)20)13(16(21)23-3)17-12(10)8-6-4-5-7-9(8)22-2/h4-7,10-13,17H,1-3H3/t10-,11+,12-,13-/m1/s1. The van der Waals surface area contributed by atoms with Crippen molar-refractivity contribution in [1.29, 1.82) is 0 Å². The lowest BCUT2D eigenvalue weighted by Crippen LogP contribution is -2.42. The van der Waals surface area contributed by atoms with Crippen molar-refractivity contribution in [2.24, 2.45) is 11.8 Å². The van der Waals surface area contributed by atoms with Crippen molar-refractivity contribution in [2.75, 3.05) is 21.3 Å². The number of carbonyl (C=O) groups is 3. The third-order valence-electron chi connectivity index (χ3n) is 4.62. The molecule has 2 amide bonds. The minimum absolute atomic E-state index is 0.296. The van der Waals surface area contributed by atoms with Crippen LogP contribution < -0.4 is 10.1 Å². The van der Waals surface area contributed by atoms with Gasteiger partial charge >= 0.3 is 5.97 Å². The minimum atomic E-state index is -0.846. The maximum Gasteiger partial charge on any atom is 0.323 e. The fourth-order valence-corrected chi connectivity index (χ4v) is 3.51. The van der Waals surface area contributed by atoms with Gasteiger partial charge in [0.2, 0.25) is 11.8 Å². The third-order valence-corrected chi connectivity index (χ3v) is 4.62. The average molecular weight is 318 g/mol. The molecule has 7 heteroatoms. The number of fused-ring (bicyclic) bond motifs is 1. The molecule has 0 aromatic heterocycles. The number of para-hydroxylation sites is 1. The van der Waals surface area contributed by atoms with Crippen LogP contribution >= 0.6 is 0 Å². The van der Waals surface area contributed by atoms with Gasteiger partial charge < -0.3 is 9.47 Å². The summed E-state index contributed by atoms with van der Waals surface area (Å²) in [5.74, 6) is -2.00. The molecule has 0 bridgehead atoms. The third kappa shape index (κ3) is 2.19. The van der Waals surface area contributed by atoms with E-state index in [-0.39, 0.29) is 11.8 Å². The monoisotopic (exact) mass is 318 g/mol. The van der Waals surface area contributed by atoms with Crippen LogP contribution in [0.25, 0.3) is 0 Å². The summed E-state index contributed by atoms with van der Waals surface area (Å²) in [6, 6.07) is 5.92. The summed E-state index contributed by atoms with van der Waals surface area (Å²) in [7, 11) is 4.24. The molecular weight excluding hydrogens is 300 g/mol. The van der Waals surface area contributed by atoms with Gasteiger partial charge in [0.25, 0.3) is 0 Å². The molecule has 1 aromatic carbocycles. The van der Waals surface area contributed by atoms with E-state index in [0.717, 1.165) is 10.5 Å². The van der Waals surface area contributed by atoms with Gasteiger partial charge in [-0.1, -0.05) is 18.2 Å². The van der Waals surface area contributed by atoms with Crippen LogP contribution in [-0.2, 0) is 19.1 Å². The van der Waals surface area contributed by atoms with Gasteiger partial charge in [-0.2, -0.15) is 0 Å². The van der Waals surface area contributed by atoms with Crippen molar-refractivity contribution in [3.8, 4) is 5.75 Å². The van der Waals surface area contributed by atoms with Crippen LogP contribution in [0.1, 0.15) is 11.6 Å². The zero-order valence-electron chi connectivity index (χ0n) is 13.1. The molecule has 7 nitrogen and oxygen atoms in total. The molecule has 0 unspecified atom stereocenters. The van der Waals surface area contributed by atoms with Crippen LogP contribution in [0.5, 0.6) is 5.75 Å². The summed E-state index contributed by atoms with van der Waals surface area (Å²) in [6.07, 6.45) is 0. The molecule has 4 atom stereocenters. The first-order valence-corrected chi connectivity index (χ1v) is 7.29. The SMILES string of the molecule is COC(=O)[C@@H]1N[C@H](c2ccccc2OC)[C@@H]2C(=O)N(C)C(=O)[C@@H]21. The van der Waals surface area contributed by atoms with Crippen LogP contribution in [0.3, 0.4) is 0 Å². The van der Waals surface area contributed by atoms with Gasteiger partial charge in [0.05, 0.1) is 26.1 Å². The lowest BCUT2D eigenvalue weighted by Gasteiger charge is -2.21. The van der Waals surface area contributed by atoms with Crippen LogP contribution in [0.15, 0.2) is 24.3 Å². The zero-order chi connectivity index (χ0) is 16.7. The topological polar surface area (TPSA) is 84.9 Å². The van der Waals surface area contributed by atoms with Gasteiger partial charge in [-0.05, 0) is 6.07 Å². The Morgan fingerprint density at radius 1 is 1.13 bits per heavy atom. The van der Waals surface area contributed by atoms with Crippen molar-refractivity contribution in [2.45, 2.75) is 12.1 Å². The number of likely N-dealkylation sites (tertiary alicyclic amines) is 1. The Morgan fingerprint density at radius 3 is 2.43 bits per heavy atom.